The van der Waals surface area contributed by atoms with Gasteiger partial charge in [0.05, 0.1) is 12.3 Å². The van der Waals surface area contributed by atoms with E-state index in [4.69, 9.17) is 0 Å². The first-order valence-corrected chi connectivity index (χ1v) is 10.4. The predicted molar refractivity (Wildman–Crippen MR) is 116 cm³/mol. The summed E-state index contributed by atoms with van der Waals surface area (Å²) in [6.45, 7) is 5.10. The Kier molecular flexibility index (Phi) is 6.58. The van der Waals surface area contributed by atoms with E-state index in [2.05, 4.69) is 50.2 Å². The zero-order chi connectivity index (χ0) is 20.1. The van der Waals surface area contributed by atoms with Gasteiger partial charge in [-0.15, -0.1) is 0 Å². The van der Waals surface area contributed by atoms with Gasteiger partial charge in [-0.05, 0) is 49.2 Å². The number of nitrogens with one attached hydrogen (secondary N) is 7. The molecule has 8 heteroatoms. The van der Waals surface area contributed by atoms with Gasteiger partial charge in [-0.2, -0.15) is 0 Å². The molecule has 3 unspecified atom stereocenters. The summed E-state index contributed by atoms with van der Waals surface area (Å²) in [6.07, 6.45) is 2.23. The number of fused-ring (bicyclic) bond motifs is 1. The van der Waals surface area contributed by atoms with Gasteiger partial charge in [0, 0.05) is 24.8 Å². The van der Waals surface area contributed by atoms with E-state index in [0.29, 0.717) is 12.2 Å². The molecular formula is C21H31N7O. The Morgan fingerprint density at radius 3 is 2.69 bits per heavy atom. The monoisotopic (exact) mass is 397 g/mol. The summed E-state index contributed by atoms with van der Waals surface area (Å²) in [5, 5.41) is 25.3. The van der Waals surface area contributed by atoms with Crippen LogP contribution in [-0.4, -0.2) is 50.3 Å². The van der Waals surface area contributed by atoms with Crippen LogP contribution in [0.4, 0.5) is 10.5 Å². The van der Waals surface area contributed by atoms with Gasteiger partial charge in [0.2, 0.25) is 0 Å². The van der Waals surface area contributed by atoms with Gasteiger partial charge in [-0.25, -0.2) is 4.79 Å². The van der Waals surface area contributed by atoms with E-state index in [9.17, 15) is 4.79 Å². The number of carbonyl (C=O) groups is 1. The Balaban J connectivity index is 1.26. The number of carbonyl (C=O) groups excluding carboxylic acids is 1. The molecule has 0 radical (unpaired) electrons. The van der Waals surface area contributed by atoms with Crippen molar-refractivity contribution in [1.29, 1.82) is 0 Å². The average Bonchev–Trinajstić information content (AvgIpc) is 3.21. The van der Waals surface area contributed by atoms with Gasteiger partial charge in [-0.3, -0.25) is 10.6 Å². The van der Waals surface area contributed by atoms with Crippen LogP contribution in [0.2, 0.25) is 0 Å². The quantitative estimate of drug-likeness (QED) is 0.393. The van der Waals surface area contributed by atoms with Crippen LogP contribution < -0.4 is 37.2 Å². The van der Waals surface area contributed by atoms with Crippen molar-refractivity contribution in [3.63, 3.8) is 0 Å². The zero-order valence-electron chi connectivity index (χ0n) is 16.8. The molecule has 2 fully saturated rings. The Hall–Kier alpha value is -2.23. The third-order valence-corrected chi connectivity index (χ3v) is 5.42. The first-order chi connectivity index (χ1) is 14.2. The molecule has 7 N–H and O–H groups in total. The first kappa shape index (κ1) is 20.1. The fraction of sp³-hybridized carbons (Fsp3) is 0.476. The predicted octanol–water partition coefficient (Wildman–Crippen LogP) is 1.04. The summed E-state index contributed by atoms with van der Waals surface area (Å²) >= 11 is 0. The lowest BCUT2D eigenvalue weighted by Crippen LogP contribution is -2.67. The van der Waals surface area contributed by atoms with Gasteiger partial charge in [0.25, 0.3) is 0 Å². The van der Waals surface area contributed by atoms with Crippen molar-refractivity contribution in [3.8, 4) is 0 Å². The average molecular weight is 398 g/mol. The molecule has 2 aromatic rings. The van der Waals surface area contributed by atoms with E-state index in [-0.39, 0.29) is 18.5 Å². The second-order valence-electron chi connectivity index (χ2n) is 7.82. The lowest BCUT2D eigenvalue weighted by atomic mass is 10.1. The molecule has 3 atom stereocenters. The first-order valence-electron chi connectivity index (χ1n) is 10.4. The van der Waals surface area contributed by atoms with Gasteiger partial charge in [0.15, 0.2) is 0 Å². The minimum Gasteiger partial charge on any atom is -0.310 e. The van der Waals surface area contributed by atoms with Crippen LogP contribution in [-0.2, 0) is 0 Å². The third-order valence-electron chi connectivity index (χ3n) is 5.42. The maximum absolute atomic E-state index is 12.5. The van der Waals surface area contributed by atoms with Crippen LogP contribution in [0.25, 0.3) is 10.8 Å². The smallest absolute Gasteiger partial charge is 0.310 e. The number of benzene rings is 2. The van der Waals surface area contributed by atoms with Crippen molar-refractivity contribution in [2.75, 3.05) is 25.0 Å². The van der Waals surface area contributed by atoms with E-state index in [1.807, 2.05) is 36.4 Å². The van der Waals surface area contributed by atoms with Crippen molar-refractivity contribution in [3.05, 3.63) is 42.5 Å². The van der Waals surface area contributed by atoms with Gasteiger partial charge in [0.1, 0.15) is 6.29 Å². The molecule has 2 amide bonds. The normalized spacial score (nSPS) is 25.2. The molecule has 2 heterocycles. The molecule has 0 aliphatic carbocycles. The molecule has 0 bridgehead atoms. The SMILES string of the molecule is CC1CC(NCCC2NCCN2)NC(NC(=O)Nc2ccc3ccccc3c2)N1. The molecule has 2 aliphatic rings. The Morgan fingerprint density at radius 2 is 1.86 bits per heavy atom. The van der Waals surface area contributed by atoms with Crippen LogP contribution in [0.3, 0.4) is 0 Å². The van der Waals surface area contributed by atoms with E-state index < -0.39 is 0 Å². The van der Waals surface area contributed by atoms with Crippen molar-refractivity contribution in [2.24, 2.45) is 0 Å². The number of urea groups is 1. The van der Waals surface area contributed by atoms with Gasteiger partial charge in [-0.1, -0.05) is 30.3 Å². The number of anilines is 1. The highest BCUT2D eigenvalue weighted by Crippen LogP contribution is 2.18. The molecule has 2 aliphatic heterocycles. The van der Waals surface area contributed by atoms with Crippen LogP contribution >= 0.6 is 0 Å². The molecule has 2 aromatic carbocycles. The fourth-order valence-electron chi connectivity index (χ4n) is 3.99. The second kappa shape index (κ2) is 9.51. The fourth-order valence-corrected chi connectivity index (χ4v) is 3.99. The highest BCUT2D eigenvalue weighted by atomic mass is 16.2. The summed E-state index contributed by atoms with van der Waals surface area (Å²) in [5.74, 6) is 0. The van der Waals surface area contributed by atoms with Gasteiger partial charge < -0.3 is 26.6 Å². The Morgan fingerprint density at radius 1 is 1.07 bits per heavy atom. The maximum Gasteiger partial charge on any atom is 0.321 e. The number of rotatable bonds is 6. The number of hydrogen-bond acceptors (Lipinski definition) is 6. The van der Waals surface area contributed by atoms with Crippen molar-refractivity contribution >= 4 is 22.5 Å². The summed E-state index contributed by atoms with van der Waals surface area (Å²) in [6, 6.07) is 14.1. The zero-order valence-corrected chi connectivity index (χ0v) is 16.8. The molecule has 29 heavy (non-hydrogen) atoms. The summed E-state index contributed by atoms with van der Waals surface area (Å²) < 4.78 is 0. The van der Waals surface area contributed by atoms with Crippen molar-refractivity contribution < 1.29 is 4.79 Å². The highest BCUT2D eigenvalue weighted by molar-refractivity contribution is 5.93. The minimum atomic E-state index is -0.292. The largest absolute Gasteiger partial charge is 0.321 e. The van der Waals surface area contributed by atoms with E-state index in [0.717, 1.165) is 48.9 Å². The highest BCUT2D eigenvalue weighted by Gasteiger charge is 2.26. The second-order valence-corrected chi connectivity index (χ2v) is 7.82. The van der Waals surface area contributed by atoms with Gasteiger partial charge >= 0.3 is 6.03 Å². The topological polar surface area (TPSA) is 101 Å². The molecular weight excluding hydrogens is 366 g/mol. The van der Waals surface area contributed by atoms with Crippen LogP contribution in [0, 0.1) is 0 Å². The molecule has 156 valence electrons. The molecule has 0 aromatic heterocycles. The lowest BCUT2D eigenvalue weighted by Gasteiger charge is -2.37. The van der Waals surface area contributed by atoms with Crippen molar-refractivity contribution in [2.45, 2.75) is 44.4 Å². The van der Waals surface area contributed by atoms with Crippen LogP contribution in [0.5, 0.6) is 0 Å². The number of amides is 2. The maximum atomic E-state index is 12.5. The van der Waals surface area contributed by atoms with Crippen LogP contribution in [0.15, 0.2) is 42.5 Å². The Bertz CT molecular complexity index is 824. The lowest BCUT2D eigenvalue weighted by molar-refractivity contribution is 0.192. The molecule has 4 rings (SSSR count). The molecule has 2 saturated heterocycles. The minimum absolute atomic E-state index is 0.152. The molecule has 0 saturated carbocycles. The summed E-state index contributed by atoms with van der Waals surface area (Å²) in [7, 11) is 0. The van der Waals surface area contributed by atoms with Crippen molar-refractivity contribution in [1.82, 2.24) is 31.9 Å². The van der Waals surface area contributed by atoms with Crippen LogP contribution in [0.1, 0.15) is 19.8 Å². The van der Waals surface area contributed by atoms with E-state index in [1.54, 1.807) is 0 Å². The molecule has 8 nitrogen and oxygen atoms in total. The standard InChI is InChI=1S/C21H31N7O/c1-14-12-19(22-9-8-18-23-10-11-24-18)27-20(25-14)28-21(29)26-17-7-6-15-4-2-3-5-16(15)13-17/h2-7,13-14,18-20,22-25,27H,8-12H2,1H3,(H2,26,28,29). The number of hydrogen-bond donors (Lipinski definition) is 7. The third kappa shape index (κ3) is 5.65. The summed E-state index contributed by atoms with van der Waals surface area (Å²) in [4.78, 5) is 12.5. The Labute approximate surface area is 171 Å². The van der Waals surface area contributed by atoms with E-state index in [1.165, 1.54) is 0 Å². The molecule has 0 spiro atoms. The summed E-state index contributed by atoms with van der Waals surface area (Å²) in [5.41, 5.74) is 0.774. The van der Waals surface area contributed by atoms with E-state index >= 15 is 0 Å².